The van der Waals surface area contributed by atoms with Gasteiger partial charge in [-0.2, -0.15) is 0 Å². The van der Waals surface area contributed by atoms with E-state index >= 15 is 0 Å². The van der Waals surface area contributed by atoms with Crippen LogP contribution in [0.25, 0.3) is 0 Å². The molecule has 0 atom stereocenters. The van der Waals surface area contributed by atoms with Gasteiger partial charge in [-0.25, -0.2) is 0 Å². The summed E-state index contributed by atoms with van der Waals surface area (Å²) in [5, 5.41) is 3.84. The van der Waals surface area contributed by atoms with Crippen molar-refractivity contribution in [2.75, 3.05) is 30.8 Å². The molecule has 0 saturated carbocycles. The molecule has 0 radical (unpaired) electrons. The predicted molar refractivity (Wildman–Crippen MR) is 74.6 cm³/mol. The summed E-state index contributed by atoms with van der Waals surface area (Å²) in [5.74, 6) is 0.589. The van der Waals surface area contributed by atoms with E-state index in [1.165, 1.54) is 0 Å². The molecule has 1 rings (SSSR count). The third-order valence-electron chi connectivity index (χ3n) is 2.29. The molecule has 3 N–H and O–H groups in total. The number of benzene rings is 1. The summed E-state index contributed by atoms with van der Waals surface area (Å²) in [7, 11) is 0. The van der Waals surface area contributed by atoms with Crippen LogP contribution in [0.4, 0.5) is 11.4 Å². The van der Waals surface area contributed by atoms with E-state index in [0.717, 1.165) is 31.9 Å². The van der Waals surface area contributed by atoms with Gasteiger partial charge in [-0.05, 0) is 24.5 Å². The highest BCUT2D eigenvalue weighted by Gasteiger charge is 2.01. The molecule has 0 saturated heterocycles. The van der Waals surface area contributed by atoms with Crippen molar-refractivity contribution in [1.82, 2.24) is 0 Å². The minimum absolute atomic E-state index is 0.589. The van der Waals surface area contributed by atoms with Crippen molar-refractivity contribution in [2.24, 2.45) is 5.92 Å². The van der Waals surface area contributed by atoms with E-state index < -0.39 is 0 Å². The topological polar surface area (TPSA) is 47.3 Å². The molecule has 0 heterocycles. The molecule has 0 unspecified atom stereocenters. The minimum atomic E-state index is 0.589. The van der Waals surface area contributed by atoms with Crippen LogP contribution in [0, 0.1) is 5.92 Å². The number of hydrogen-bond donors (Lipinski definition) is 2. The maximum absolute atomic E-state index is 5.92. The molecule has 96 valence electrons. The Bertz CT molecular complexity index is 342. The lowest BCUT2D eigenvalue weighted by atomic mass is 10.2. The first-order valence-corrected chi connectivity index (χ1v) is 6.34. The van der Waals surface area contributed by atoms with Crippen molar-refractivity contribution in [2.45, 2.75) is 20.3 Å². The number of nitrogen functional groups attached to an aromatic ring is 1. The molecular weight excluding hydrogens is 236 g/mol. The maximum atomic E-state index is 5.92. The van der Waals surface area contributed by atoms with Gasteiger partial charge in [-0.15, -0.1) is 0 Å². The monoisotopic (exact) mass is 256 g/mol. The van der Waals surface area contributed by atoms with Crippen LogP contribution >= 0.6 is 11.6 Å². The van der Waals surface area contributed by atoms with Gasteiger partial charge in [-0.1, -0.05) is 31.5 Å². The fourth-order valence-electron chi connectivity index (χ4n) is 1.41. The summed E-state index contributed by atoms with van der Waals surface area (Å²) in [5.41, 5.74) is 7.34. The lowest BCUT2D eigenvalue weighted by molar-refractivity contribution is 0.110. The SMILES string of the molecule is CC(C)COCCCNc1cccc(Cl)c1N. The second-order valence-electron chi connectivity index (χ2n) is 4.45. The van der Waals surface area contributed by atoms with Crippen LogP contribution in [0.5, 0.6) is 0 Å². The molecule has 0 amide bonds. The largest absolute Gasteiger partial charge is 0.396 e. The minimum Gasteiger partial charge on any atom is -0.396 e. The Balaban J connectivity index is 2.20. The molecule has 0 spiro atoms. The maximum Gasteiger partial charge on any atom is 0.0739 e. The molecule has 1 aromatic rings. The van der Waals surface area contributed by atoms with Gasteiger partial charge in [-0.3, -0.25) is 0 Å². The molecule has 4 heteroatoms. The number of hydrogen-bond acceptors (Lipinski definition) is 3. The van der Waals surface area contributed by atoms with Gasteiger partial charge in [0.25, 0.3) is 0 Å². The number of nitrogens with two attached hydrogens (primary N) is 1. The van der Waals surface area contributed by atoms with Gasteiger partial charge in [0.05, 0.1) is 16.4 Å². The van der Waals surface area contributed by atoms with Gasteiger partial charge in [0.1, 0.15) is 0 Å². The second kappa shape index (κ2) is 7.41. The first-order chi connectivity index (χ1) is 8.11. The number of ether oxygens (including phenoxy) is 1. The third kappa shape index (κ3) is 5.29. The number of anilines is 2. The van der Waals surface area contributed by atoms with Crippen LogP contribution in [-0.4, -0.2) is 19.8 Å². The van der Waals surface area contributed by atoms with Crippen LogP contribution in [0.15, 0.2) is 18.2 Å². The van der Waals surface area contributed by atoms with Crippen molar-refractivity contribution in [3.05, 3.63) is 23.2 Å². The molecule has 0 fully saturated rings. The molecule has 3 nitrogen and oxygen atoms in total. The van der Waals surface area contributed by atoms with E-state index in [9.17, 15) is 0 Å². The zero-order valence-corrected chi connectivity index (χ0v) is 11.3. The molecule has 0 aliphatic carbocycles. The summed E-state index contributed by atoms with van der Waals surface area (Å²) in [4.78, 5) is 0. The summed E-state index contributed by atoms with van der Waals surface area (Å²) in [6.45, 7) is 6.71. The molecule has 0 aliphatic heterocycles. The van der Waals surface area contributed by atoms with E-state index in [2.05, 4.69) is 19.2 Å². The van der Waals surface area contributed by atoms with Gasteiger partial charge >= 0.3 is 0 Å². The van der Waals surface area contributed by atoms with Crippen molar-refractivity contribution in [3.8, 4) is 0 Å². The van der Waals surface area contributed by atoms with Crippen LogP contribution in [-0.2, 0) is 4.74 Å². The number of halogens is 1. The zero-order chi connectivity index (χ0) is 12.7. The first kappa shape index (κ1) is 14.1. The molecular formula is C13H21ClN2O. The van der Waals surface area contributed by atoms with Crippen LogP contribution in [0.1, 0.15) is 20.3 Å². The summed E-state index contributed by atoms with van der Waals surface area (Å²) >= 11 is 5.92. The van der Waals surface area contributed by atoms with Crippen molar-refractivity contribution < 1.29 is 4.74 Å². The molecule has 1 aromatic carbocycles. The number of rotatable bonds is 7. The average Bonchev–Trinajstić information content (AvgIpc) is 2.28. The second-order valence-corrected chi connectivity index (χ2v) is 4.86. The highest BCUT2D eigenvalue weighted by molar-refractivity contribution is 6.33. The fraction of sp³-hybridized carbons (Fsp3) is 0.538. The van der Waals surface area contributed by atoms with E-state index in [1.807, 2.05) is 12.1 Å². The number of nitrogens with one attached hydrogen (secondary N) is 1. The summed E-state index contributed by atoms with van der Waals surface area (Å²) in [6.07, 6.45) is 0.957. The third-order valence-corrected chi connectivity index (χ3v) is 2.61. The van der Waals surface area contributed by atoms with Crippen molar-refractivity contribution in [1.29, 1.82) is 0 Å². The van der Waals surface area contributed by atoms with E-state index in [-0.39, 0.29) is 0 Å². The van der Waals surface area contributed by atoms with Gasteiger partial charge in [0.15, 0.2) is 0 Å². The van der Waals surface area contributed by atoms with Crippen LogP contribution in [0.2, 0.25) is 5.02 Å². The Labute approximate surface area is 108 Å². The Morgan fingerprint density at radius 3 is 2.88 bits per heavy atom. The van der Waals surface area contributed by atoms with Gasteiger partial charge in [0, 0.05) is 19.8 Å². The highest BCUT2D eigenvalue weighted by atomic mass is 35.5. The lowest BCUT2D eigenvalue weighted by Gasteiger charge is -2.11. The van der Waals surface area contributed by atoms with Gasteiger partial charge in [0.2, 0.25) is 0 Å². The van der Waals surface area contributed by atoms with E-state index in [0.29, 0.717) is 16.6 Å². The summed E-state index contributed by atoms with van der Waals surface area (Å²) < 4.78 is 5.49. The van der Waals surface area contributed by atoms with Crippen LogP contribution in [0.3, 0.4) is 0 Å². The molecule has 0 bridgehead atoms. The smallest absolute Gasteiger partial charge is 0.0739 e. The zero-order valence-electron chi connectivity index (χ0n) is 10.5. The average molecular weight is 257 g/mol. The Hall–Kier alpha value is -0.930. The number of para-hydroxylation sites is 1. The summed E-state index contributed by atoms with van der Waals surface area (Å²) in [6, 6.07) is 5.60. The van der Waals surface area contributed by atoms with Crippen molar-refractivity contribution >= 4 is 23.0 Å². The lowest BCUT2D eigenvalue weighted by Crippen LogP contribution is -2.09. The van der Waals surface area contributed by atoms with Crippen molar-refractivity contribution in [3.63, 3.8) is 0 Å². The Morgan fingerprint density at radius 1 is 1.41 bits per heavy atom. The quantitative estimate of drug-likeness (QED) is 0.581. The Morgan fingerprint density at radius 2 is 2.18 bits per heavy atom. The molecule has 17 heavy (non-hydrogen) atoms. The normalized spacial score (nSPS) is 10.8. The Kier molecular flexibility index (Phi) is 6.16. The van der Waals surface area contributed by atoms with Gasteiger partial charge < -0.3 is 15.8 Å². The standard InChI is InChI=1S/C13H21ClN2O/c1-10(2)9-17-8-4-7-16-12-6-3-5-11(14)13(12)15/h3,5-6,10,16H,4,7-9,15H2,1-2H3. The van der Waals surface area contributed by atoms with Crippen LogP contribution < -0.4 is 11.1 Å². The first-order valence-electron chi connectivity index (χ1n) is 5.97. The van der Waals surface area contributed by atoms with E-state index in [4.69, 9.17) is 22.1 Å². The highest BCUT2D eigenvalue weighted by Crippen LogP contribution is 2.26. The molecule has 0 aliphatic rings. The van der Waals surface area contributed by atoms with E-state index in [1.54, 1.807) is 6.07 Å². The predicted octanol–water partition coefficient (Wildman–Crippen LogP) is 3.40. The fourth-order valence-corrected chi connectivity index (χ4v) is 1.58. The molecule has 0 aromatic heterocycles.